The number of esters is 2. The Morgan fingerprint density at radius 1 is 1.04 bits per heavy atom. The average molecular weight is 323 g/mol. The van der Waals surface area contributed by atoms with Crippen LogP contribution in [-0.2, 0) is 9.47 Å². The van der Waals surface area contributed by atoms with E-state index in [1.54, 1.807) is 0 Å². The summed E-state index contributed by atoms with van der Waals surface area (Å²) < 4.78 is 10.1. The third-order valence-corrected chi connectivity index (χ3v) is 3.13. The minimum absolute atomic E-state index is 0.142. The van der Waals surface area contributed by atoms with Gasteiger partial charge in [0, 0.05) is 6.07 Å². The molecular weight excluding hydrogens is 302 g/mol. The summed E-state index contributed by atoms with van der Waals surface area (Å²) in [5.41, 5.74) is -0.955. The van der Waals surface area contributed by atoms with Crippen molar-refractivity contribution in [3.05, 3.63) is 39.4 Å². The smallest absolute Gasteiger partial charge is 0.346 e. The number of ether oxygens (including phenoxy) is 2. The molecule has 0 bridgehead atoms. The lowest BCUT2D eigenvalue weighted by Gasteiger charge is -2.10. The fourth-order valence-corrected chi connectivity index (χ4v) is 1.85. The molecule has 0 aliphatic carbocycles. The molecule has 0 N–H and O–H groups in total. The van der Waals surface area contributed by atoms with E-state index in [-0.39, 0.29) is 24.3 Å². The predicted octanol–water partition coefficient (Wildman–Crippen LogP) is 3.51. The first kappa shape index (κ1) is 18.6. The van der Waals surface area contributed by atoms with Gasteiger partial charge in [0.25, 0.3) is 5.69 Å². The first-order valence-electron chi connectivity index (χ1n) is 7.64. The molecule has 0 radical (unpaired) electrons. The summed E-state index contributed by atoms with van der Waals surface area (Å²) in [7, 11) is 0. The zero-order valence-electron chi connectivity index (χ0n) is 13.4. The van der Waals surface area contributed by atoms with E-state index in [0.717, 1.165) is 12.8 Å². The van der Waals surface area contributed by atoms with Crippen LogP contribution in [0.3, 0.4) is 0 Å². The van der Waals surface area contributed by atoms with Crippen molar-refractivity contribution in [1.29, 1.82) is 0 Å². The lowest BCUT2D eigenvalue weighted by atomic mass is 10.1. The molecule has 7 heteroatoms. The molecule has 1 rings (SSSR count). The van der Waals surface area contributed by atoms with E-state index in [9.17, 15) is 19.7 Å². The van der Waals surface area contributed by atoms with Crippen LogP contribution >= 0.6 is 0 Å². The number of nitrogens with zero attached hydrogens (tertiary/aromatic N) is 1. The minimum atomic E-state index is -0.881. The molecule has 0 atom stereocenters. The second kappa shape index (κ2) is 9.55. The van der Waals surface area contributed by atoms with Crippen LogP contribution in [-0.4, -0.2) is 30.1 Å². The third-order valence-electron chi connectivity index (χ3n) is 3.13. The Labute approximate surface area is 134 Å². The largest absolute Gasteiger partial charge is 0.462 e. The molecule has 0 heterocycles. The second-order valence-electron chi connectivity index (χ2n) is 4.94. The molecule has 0 unspecified atom stereocenters. The number of nitro benzene ring substituents is 1. The van der Waals surface area contributed by atoms with Gasteiger partial charge in [-0.1, -0.05) is 32.8 Å². The summed E-state index contributed by atoms with van der Waals surface area (Å²) >= 11 is 0. The van der Waals surface area contributed by atoms with Crippen LogP contribution in [0, 0.1) is 10.1 Å². The van der Waals surface area contributed by atoms with Crippen molar-refractivity contribution in [2.24, 2.45) is 0 Å². The molecule has 0 spiro atoms. The molecular formula is C16H21NO6. The van der Waals surface area contributed by atoms with Crippen LogP contribution in [0.2, 0.25) is 0 Å². The number of benzene rings is 1. The summed E-state index contributed by atoms with van der Waals surface area (Å²) in [6, 6.07) is 3.84. The van der Waals surface area contributed by atoms with Gasteiger partial charge in [-0.2, -0.15) is 0 Å². The maximum atomic E-state index is 12.2. The molecule has 0 aliphatic rings. The van der Waals surface area contributed by atoms with Gasteiger partial charge < -0.3 is 9.47 Å². The number of carbonyl (C=O) groups is 2. The van der Waals surface area contributed by atoms with Crippen LogP contribution in [0.25, 0.3) is 0 Å². The molecule has 7 nitrogen and oxygen atoms in total. The van der Waals surface area contributed by atoms with Crippen molar-refractivity contribution >= 4 is 17.6 Å². The molecule has 0 saturated heterocycles. The fourth-order valence-electron chi connectivity index (χ4n) is 1.85. The molecule has 126 valence electrons. The van der Waals surface area contributed by atoms with E-state index in [1.165, 1.54) is 18.2 Å². The number of rotatable bonds is 9. The van der Waals surface area contributed by atoms with Gasteiger partial charge in [0.15, 0.2) is 5.56 Å². The van der Waals surface area contributed by atoms with Crippen LogP contribution in [0.1, 0.15) is 60.2 Å². The van der Waals surface area contributed by atoms with Crippen LogP contribution in [0.15, 0.2) is 18.2 Å². The van der Waals surface area contributed by atoms with Gasteiger partial charge >= 0.3 is 11.9 Å². The summed E-state index contributed by atoms with van der Waals surface area (Å²) in [6.07, 6.45) is 2.98. The van der Waals surface area contributed by atoms with Gasteiger partial charge in [-0.05, 0) is 18.9 Å². The van der Waals surface area contributed by atoms with Crippen molar-refractivity contribution in [1.82, 2.24) is 0 Å². The molecule has 0 amide bonds. The summed E-state index contributed by atoms with van der Waals surface area (Å²) in [6.45, 7) is 4.21. The Morgan fingerprint density at radius 2 is 1.61 bits per heavy atom. The normalized spacial score (nSPS) is 10.2. The molecule has 1 aromatic rings. The second-order valence-corrected chi connectivity index (χ2v) is 4.94. The summed E-state index contributed by atoms with van der Waals surface area (Å²) in [5.74, 6) is -1.64. The van der Waals surface area contributed by atoms with E-state index in [2.05, 4.69) is 0 Å². The highest BCUT2D eigenvalue weighted by molar-refractivity contribution is 6.06. The van der Waals surface area contributed by atoms with Gasteiger partial charge in [-0.15, -0.1) is 0 Å². The SMILES string of the molecule is CCCCOC(=O)c1cccc([N+](=O)[O-])c1C(=O)OCCCC. The number of hydrogen-bond acceptors (Lipinski definition) is 6. The van der Waals surface area contributed by atoms with E-state index in [4.69, 9.17) is 9.47 Å². The summed E-state index contributed by atoms with van der Waals surface area (Å²) in [5, 5.41) is 11.1. The summed E-state index contributed by atoms with van der Waals surface area (Å²) in [4.78, 5) is 34.7. The maximum Gasteiger partial charge on any atom is 0.346 e. The van der Waals surface area contributed by atoms with E-state index in [1.807, 2.05) is 13.8 Å². The first-order chi connectivity index (χ1) is 11.0. The molecule has 0 aliphatic heterocycles. The van der Waals surface area contributed by atoms with E-state index in [0.29, 0.717) is 12.8 Å². The Kier molecular flexibility index (Phi) is 7.73. The van der Waals surface area contributed by atoms with Gasteiger partial charge in [-0.25, -0.2) is 9.59 Å². The lowest BCUT2D eigenvalue weighted by Crippen LogP contribution is -2.17. The molecule has 0 aromatic heterocycles. The standard InChI is InChI=1S/C16H21NO6/c1-3-5-10-22-15(18)12-8-7-9-13(17(20)21)14(12)16(19)23-11-6-4-2/h7-9H,3-6,10-11H2,1-2H3. The number of unbranched alkanes of at least 4 members (excludes halogenated alkanes) is 2. The van der Waals surface area contributed by atoms with E-state index >= 15 is 0 Å². The Bertz CT molecular complexity index is 570. The number of nitro groups is 1. The predicted molar refractivity (Wildman–Crippen MR) is 83.5 cm³/mol. The monoisotopic (exact) mass is 323 g/mol. The third kappa shape index (κ3) is 5.36. The average Bonchev–Trinajstić information content (AvgIpc) is 2.54. The Hall–Kier alpha value is -2.44. The zero-order chi connectivity index (χ0) is 17.2. The van der Waals surface area contributed by atoms with Crippen LogP contribution in [0.5, 0.6) is 0 Å². The van der Waals surface area contributed by atoms with Crippen LogP contribution < -0.4 is 0 Å². The first-order valence-corrected chi connectivity index (χ1v) is 7.64. The highest BCUT2D eigenvalue weighted by Gasteiger charge is 2.29. The van der Waals surface area contributed by atoms with Gasteiger partial charge in [0.2, 0.25) is 0 Å². The van der Waals surface area contributed by atoms with Gasteiger partial charge in [0.1, 0.15) is 0 Å². The minimum Gasteiger partial charge on any atom is -0.462 e. The van der Waals surface area contributed by atoms with Gasteiger partial charge in [0.05, 0.1) is 23.7 Å². The molecule has 0 saturated carbocycles. The fraction of sp³-hybridized carbons (Fsp3) is 0.500. The van der Waals surface area contributed by atoms with Crippen molar-refractivity contribution < 1.29 is 24.0 Å². The highest BCUT2D eigenvalue weighted by Crippen LogP contribution is 2.24. The van der Waals surface area contributed by atoms with Crippen molar-refractivity contribution in [2.45, 2.75) is 39.5 Å². The van der Waals surface area contributed by atoms with Crippen molar-refractivity contribution in [2.75, 3.05) is 13.2 Å². The quantitative estimate of drug-likeness (QED) is 0.299. The zero-order valence-corrected chi connectivity index (χ0v) is 13.4. The van der Waals surface area contributed by atoms with Crippen molar-refractivity contribution in [3.8, 4) is 0 Å². The molecule has 23 heavy (non-hydrogen) atoms. The highest BCUT2D eigenvalue weighted by atomic mass is 16.6. The number of hydrogen-bond donors (Lipinski definition) is 0. The van der Waals surface area contributed by atoms with Crippen molar-refractivity contribution in [3.63, 3.8) is 0 Å². The Morgan fingerprint density at radius 3 is 2.13 bits per heavy atom. The maximum absolute atomic E-state index is 12.2. The Balaban J connectivity index is 3.09. The lowest BCUT2D eigenvalue weighted by molar-refractivity contribution is -0.385. The van der Waals surface area contributed by atoms with E-state index < -0.39 is 22.5 Å². The topological polar surface area (TPSA) is 95.7 Å². The molecule has 1 aromatic carbocycles. The number of carbonyl (C=O) groups excluding carboxylic acids is 2. The van der Waals surface area contributed by atoms with Gasteiger partial charge in [-0.3, -0.25) is 10.1 Å². The molecule has 0 fully saturated rings. The van der Waals surface area contributed by atoms with Crippen LogP contribution in [0.4, 0.5) is 5.69 Å².